The van der Waals surface area contributed by atoms with Crippen LogP contribution >= 0.6 is 42.2 Å². The van der Waals surface area contributed by atoms with Gasteiger partial charge in [0.25, 0.3) is 36.8 Å². The highest BCUT2D eigenvalue weighted by Gasteiger charge is 2.38. The van der Waals surface area contributed by atoms with Crippen molar-refractivity contribution in [3.8, 4) is 0 Å². The van der Waals surface area contributed by atoms with Gasteiger partial charge in [-0.1, -0.05) is 108 Å². The molecule has 11 aromatic rings. The summed E-state index contributed by atoms with van der Waals surface area (Å²) in [5.41, 5.74) is 7.24. The summed E-state index contributed by atoms with van der Waals surface area (Å²) in [4.78, 5) is 82.9. The number of hydroxylamine groups is 2. The van der Waals surface area contributed by atoms with E-state index in [9.17, 15) is 41.7 Å². The summed E-state index contributed by atoms with van der Waals surface area (Å²) in [7, 11) is 11.0. The lowest BCUT2D eigenvalue weighted by molar-refractivity contribution is -0.124. The van der Waals surface area contributed by atoms with Crippen LogP contribution in [0, 0.1) is 17.5 Å². The largest absolute Gasteiger partial charge is 0.361 e. The summed E-state index contributed by atoms with van der Waals surface area (Å²) in [6.07, 6.45) is 5.40. The summed E-state index contributed by atoms with van der Waals surface area (Å²) in [5.74, 6) is -2.32. The molecule has 1 N–H and O–H groups in total. The van der Waals surface area contributed by atoms with E-state index in [-0.39, 0.29) is 87.6 Å². The smallest absolute Gasteiger partial charge is 0.294 e. The molecule has 8 aromatic carbocycles. The molecule has 3 aromatic heterocycles. The topological polar surface area (TPSA) is 170 Å². The highest BCUT2D eigenvalue weighted by atomic mass is 35.5. The maximum absolute atomic E-state index is 13.8. The Balaban J connectivity index is 0.000000155. The second-order valence-electron chi connectivity index (χ2n) is 30.7. The van der Waals surface area contributed by atoms with Crippen molar-refractivity contribution in [2.24, 2.45) is 0 Å². The number of piperazine rings is 3. The van der Waals surface area contributed by atoms with E-state index >= 15 is 0 Å². The maximum atomic E-state index is 13.8. The SMILES string of the molecule is CN(C)OP(=O)(c1ccccc1)c1ccccc1.C[C@@H]1CN(Cc2ccc(F)cc2)[C@@H](C)CN1C(=O)c1cc2c(C(=O)C(=O)N(C)C)cn(N(C)C)c2cc1Cl.C[C@@H]1CN(Cc2ccc(F)cc2)[C@@H](C)CN1C(=O)c1cc2cc[nH]c2cc1Cl.C[C@@H]1CN(Cc2ccc(F)cc2)[C@@H](C)CN1C(=O)c1cc2ccn(N(C)C)c2cc1Cl. The zero-order chi connectivity index (χ0) is 83.0. The number of hydrogen-bond donors (Lipinski definition) is 1. The zero-order valence-electron chi connectivity index (χ0n) is 67.3. The molecule has 14 rings (SSSR count). The minimum Gasteiger partial charge on any atom is -0.361 e. The van der Waals surface area contributed by atoms with Gasteiger partial charge >= 0.3 is 0 Å². The quantitative estimate of drug-likeness (QED) is 0.0396. The van der Waals surface area contributed by atoms with E-state index in [1.54, 1.807) is 59.1 Å². The van der Waals surface area contributed by atoms with Crippen LogP contribution in [0.5, 0.6) is 0 Å². The van der Waals surface area contributed by atoms with Crippen LogP contribution in [0.2, 0.25) is 15.1 Å². The Morgan fingerprint density at radius 1 is 0.443 bits per heavy atom. The van der Waals surface area contributed by atoms with E-state index < -0.39 is 19.1 Å². The van der Waals surface area contributed by atoms with Crippen molar-refractivity contribution >= 4 is 115 Å². The lowest BCUT2D eigenvalue weighted by atomic mass is 10.0. The van der Waals surface area contributed by atoms with Crippen molar-refractivity contribution in [1.29, 1.82) is 0 Å². The Labute approximate surface area is 686 Å². The van der Waals surface area contributed by atoms with Crippen molar-refractivity contribution in [3.63, 3.8) is 0 Å². The number of hydrogen-bond acceptors (Lipinski definition) is 13. The van der Waals surface area contributed by atoms with E-state index in [0.717, 1.165) is 64.7 Å². The van der Waals surface area contributed by atoms with Gasteiger partial charge in [0, 0.05) is 202 Å². The number of halogens is 6. The number of likely N-dealkylation sites (N-methyl/N-ethyl adjacent to an activating group) is 1. The van der Waals surface area contributed by atoms with E-state index in [0.29, 0.717) is 75.4 Å². The van der Waals surface area contributed by atoms with Gasteiger partial charge in [0.15, 0.2) is 0 Å². The first-order chi connectivity index (χ1) is 54.7. The van der Waals surface area contributed by atoms with Crippen molar-refractivity contribution < 1.29 is 46.3 Å². The molecular formula is C88H100Cl3F3N13O7P. The van der Waals surface area contributed by atoms with Crippen LogP contribution in [0.25, 0.3) is 32.7 Å². The molecule has 115 heavy (non-hydrogen) atoms. The molecule has 0 radical (unpaired) electrons. The average molecular weight is 1650 g/mol. The second kappa shape index (κ2) is 37.4. The molecule has 0 aliphatic carbocycles. The summed E-state index contributed by atoms with van der Waals surface area (Å²) in [6.45, 7) is 18.4. The standard InChI is InChI=1S/C28H33ClFN5O3.C24H28ClFN4O.C22H23ClFN3O.C14H16NO2P/c1-17-14-34(18(2)13-33(17)15-19-7-9-20(30)10-8-19)27(37)22-11-21-23(26(36)28(38)31(3)4)16-35(32(5)6)25(21)12-24(22)29;1-16-14-29(17(2)13-28(16)15-18-5-7-20(26)8-6-18)24(31)21-11-19-9-10-30(27(3)4)23(19)12-22(21)25;1-14-12-27(15(2)11-26(14)13-16-3-5-18(24)6-4-16)22(28)19-9-17-7-8-25-21(17)10-20(19)23;1-15(2)17-18(16,13-9-5-3-6-10-13)14-11-7-4-8-12-14/h7-12,16-18H,13-15H2,1-6H3;5-12,16-17H,13-15H2,1-4H3;3-10,14-15,25H,11-13H2,1-2H3;3-12H,1-2H3/t17-,18+;16-,17+;14-,15+;/m000./s1. The number of nitrogens with zero attached hydrogens (tertiary/aromatic N) is 12. The van der Waals surface area contributed by atoms with Crippen molar-refractivity contribution in [1.82, 2.24) is 53.7 Å². The molecule has 6 atom stereocenters. The molecule has 0 unspecified atom stereocenters. The molecular weight excluding hydrogens is 1550 g/mol. The summed E-state index contributed by atoms with van der Waals surface area (Å²) < 4.78 is 62.1. The van der Waals surface area contributed by atoms with E-state index in [4.69, 9.17) is 39.4 Å². The fourth-order valence-electron chi connectivity index (χ4n) is 14.9. The molecule has 606 valence electrons. The van der Waals surface area contributed by atoms with Gasteiger partial charge in [0.05, 0.1) is 48.4 Å². The van der Waals surface area contributed by atoms with E-state index in [2.05, 4.69) is 54.3 Å². The van der Waals surface area contributed by atoms with Crippen LogP contribution in [-0.2, 0) is 33.6 Å². The Morgan fingerprint density at radius 3 is 1.22 bits per heavy atom. The molecule has 20 nitrogen and oxygen atoms in total. The third-order valence-corrected chi connectivity index (χ3v) is 24.6. The van der Waals surface area contributed by atoms with Crippen LogP contribution in [-0.4, -0.2) is 215 Å². The number of ketones is 1. The summed E-state index contributed by atoms with van der Waals surface area (Å²) >= 11 is 19.6. The number of fused-ring (bicyclic) bond motifs is 3. The molecule has 3 aliphatic rings. The normalized spacial score (nSPS) is 18.1. The lowest BCUT2D eigenvalue weighted by Crippen LogP contribution is -2.57. The zero-order valence-corrected chi connectivity index (χ0v) is 70.5. The third-order valence-electron chi connectivity index (χ3n) is 21.2. The molecule has 0 saturated carbocycles. The molecule has 3 saturated heterocycles. The number of Topliss-reactive ketones (excluding diaryl/α,β-unsaturated/α-hetero) is 1. The highest BCUT2D eigenvalue weighted by molar-refractivity contribution is 7.74. The number of H-pyrrole nitrogens is 1. The molecule has 0 bridgehead atoms. The van der Waals surface area contributed by atoms with Crippen LogP contribution in [0.4, 0.5) is 13.2 Å². The molecule has 6 heterocycles. The number of rotatable bonds is 17. The molecule has 27 heteroatoms. The van der Waals surface area contributed by atoms with Gasteiger partial charge in [-0.05, 0) is 167 Å². The van der Waals surface area contributed by atoms with Crippen LogP contribution in [0.1, 0.15) is 99.7 Å². The average Bonchev–Trinajstić information content (AvgIpc) is 1.62. The summed E-state index contributed by atoms with van der Waals surface area (Å²) in [5, 5.41) is 10.3. The van der Waals surface area contributed by atoms with Crippen LogP contribution in [0.15, 0.2) is 201 Å². The number of amides is 4. The Hall–Kier alpha value is -9.78. The molecule has 4 amide bonds. The minimum absolute atomic E-state index is 0.0334. The van der Waals surface area contributed by atoms with Crippen LogP contribution < -0.4 is 20.6 Å². The molecule has 3 aliphatic heterocycles. The summed E-state index contributed by atoms with van der Waals surface area (Å²) in [6, 6.07) is 53.4. The van der Waals surface area contributed by atoms with Crippen molar-refractivity contribution in [3.05, 3.63) is 272 Å². The first-order valence-electron chi connectivity index (χ1n) is 38.2. The number of benzene rings is 8. The van der Waals surface area contributed by atoms with Crippen molar-refractivity contribution in [2.75, 3.05) is 106 Å². The third kappa shape index (κ3) is 20.2. The number of aromatic amines is 1. The second-order valence-corrected chi connectivity index (χ2v) is 34.2. The highest BCUT2D eigenvalue weighted by Crippen LogP contribution is 2.45. The first kappa shape index (κ1) is 86.1. The number of carbonyl (C=O) groups is 5. The Kier molecular flexibility index (Phi) is 28.0. The maximum Gasteiger partial charge on any atom is 0.294 e. The lowest BCUT2D eigenvalue weighted by Gasteiger charge is -2.44. The van der Waals surface area contributed by atoms with Gasteiger partial charge in [-0.15, -0.1) is 0 Å². The predicted octanol–water partition coefficient (Wildman–Crippen LogP) is 15.1. The van der Waals surface area contributed by atoms with Gasteiger partial charge in [-0.3, -0.25) is 52.6 Å². The fraction of sp³-hybridized carbons (Fsp3) is 0.330. The van der Waals surface area contributed by atoms with Gasteiger partial charge < -0.3 is 34.6 Å². The Bertz CT molecular complexity index is 5260. The van der Waals surface area contributed by atoms with Gasteiger partial charge in [0.1, 0.15) is 17.5 Å². The number of carbonyl (C=O) groups excluding carboxylic acids is 5. The van der Waals surface area contributed by atoms with E-state index in [1.807, 2.05) is 188 Å². The van der Waals surface area contributed by atoms with Gasteiger partial charge in [-0.25, -0.2) is 17.8 Å². The van der Waals surface area contributed by atoms with E-state index in [1.165, 1.54) is 60.5 Å². The minimum atomic E-state index is -3.05. The number of nitrogens with one attached hydrogen (secondary N) is 1. The fourth-order valence-corrected chi connectivity index (χ4v) is 17.7. The Morgan fingerprint density at radius 2 is 0.826 bits per heavy atom. The van der Waals surface area contributed by atoms with Crippen molar-refractivity contribution in [2.45, 2.75) is 97.4 Å². The van der Waals surface area contributed by atoms with Gasteiger partial charge in [-0.2, -0.15) is 5.06 Å². The first-order valence-corrected chi connectivity index (χ1v) is 40.9. The monoisotopic (exact) mass is 1640 g/mol. The number of aromatic nitrogens is 3. The molecule has 3 fully saturated rings. The van der Waals surface area contributed by atoms with Crippen LogP contribution in [0.3, 0.4) is 0 Å². The van der Waals surface area contributed by atoms with Gasteiger partial charge in [0.2, 0.25) is 0 Å². The predicted molar refractivity (Wildman–Crippen MR) is 455 cm³/mol. The molecule has 0 spiro atoms.